The van der Waals surface area contributed by atoms with Crippen LogP contribution in [0.5, 0.6) is 0 Å². The molecule has 0 spiro atoms. The molecule has 1 aromatic rings. The van der Waals surface area contributed by atoms with E-state index in [0.717, 1.165) is 15.4 Å². The van der Waals surface area contributed by atoms with E-state index >= 15 is 0 Å². The highest BCUT2D eigenvalue weighted by molar-refractivity contribution is 6.30. The summed E-state index contributed by atoms with van der Waals surface area (Å²) in [5, 5.41) is 0.611. The summed E-state index contributed by atoms with van der Waals surface area (Å²) in [4.78, 5) is 38.8. The lowest BCUT2D eigenvalue weighted by Crippen LogP contribution is -2.43. The molecule has 1 fully saturated rings. The van der Waals surface area contributed by atoms with Crippen LogP contribution in [0, 0.1) is 5.41 Å². The average Bonchev–Trinajstić information content (AvgIpc) is 2.86. The predicted octanol–water partition coefficient (Wildman–Crippen LogP) is 3.19. The number of carbonyl (C=O) groups excluding carboxylic acids is 3. The number of benzene rings is 1. The molecule has 0 atom stereocenters. The van der Waals surface area contributed by atoms with E-state index < -0.39 is 17.4 Å². The number of rotatable bonds is 2. The van der Waals surface area contributed by atoms with E-state index in [1.54, 1.807) is 51.1 Å². The van der Waals surface area contributed by atoms with Crippen LogP contribution in [0.3, 0.4) is 0 Å². The maximum Gasteiger partial charge on any atom is 0.333 e. The van der Waals surface area contributed by atoms with E-state index in [0.29, 0.717) is 5.02 Å². The van der Waals surface area contributed by atoms with Crippen LogP contribution >= 0.6 is 11.6 Å². The highest BCUT2D eigenvalue weighted by atomic mass is 35.5. The van der Waals surface area contributed by atoms with Crippen molar-refractivity contribution in [3.63, 3.8) is 0 Å². The number of hydrogen-bond donors (Lipinski definition) is 0. The zero-order valence-electron chi connectivity index (χ0n) is 13.4. The van der Waals surface area contributed by atoms with Crippen LogP contribution in [-0.4, -0.2) is 40.7 Å². The van der Waals surface area contributed by atoms with E-state index in [-0.39, 0.29) is 19.0 Å². The van der Waals surface area contributed by atoms with Gasteiger partial charge in [0.2, 0.25) is 5.91 Å². The van der Waals surface area contributed by atoms with Gasteiger partial charge in [0.05, 0.1) is 0 Å². The molecule has 1 aliphatic heterocycles. The first kappa shape index (κ1) is 17.2. The number of hydrogen-bond acceptors (Lipinski definition) is 3. The van der Waals surface area contributed by atoms with Gasteiger partial charge in [-0.1, -0.05) is 44.5 Å². The minimum Gasteiger partial charge on any atom is -0.274 e. The fraction of sp³-hybridized carbons (Fsp3) is 0.353. The first-order chi connectivity index (χ1) is 10.7. The largest absolute Gasteiger partial charge is 0.333 e. The van der Waals surface area contributed by atoms with Gasteiger partial charge in [-0.3, -0.25) is 19.4 Å². The number of urea groups is 1. The Bertz CT molecular complexity index is 659. The lowest BCUT2D eigenvalue weighted by molar-refractivity contribution is -0.135. The maximum atomic E-state index is 12.2. The van der Waals surface area contributed by atoms with Gasteiger partial charge in [0.25, 0.3) is 5.91 Å². The molecule has 122 valence electrons. The third-order valence-electron chi connectivity index (χ3n) is 3.45. The summed E-state index contributed by atoms with van der Waals surface area (Å²) >= 11 is 5.80. The van der Waals surface area contributed by atoms with Crippen LogP contribution in [-0.2, 0) is 9.59 Å². The second kappa shape index (κ2) is 6.54. The summed E-state index contributed by atoms with van der Waals surface area (Å²) in [5.74, 6) is -0.714. The van der Waals surface area contributed by atoms with Gasteiger partial charge in [0.15, 0.2) is 0 Å². The van der Waals surface area contributed by atoms with Gasteiger partial charge in [-0.15, -0.1) is 0 Å². The Kier molecular flexibility index (Phi) is 4.90. The summed E-state index contributed by atoms with van der Waals surface area (Å²) < 4.78 is 0. The van der Waals surface area contributed by atoms with E-state index in [9.17, 15) is 14.4 Å². The molecule has 5 nitrogen and oxygen atoms in total. The highest BCUT2D eigenvalue weighted by Crippen LogP contribution is 2.21. The zero-order valence-corrected chi connectivity index (χ0v) is 14.1. The van der Waals surface area contributed by atoms with Crippen molar-refractivity contribution in [1.29, 1.82) is 0 Å². The Morgan fingerprint density at radius 2 is 1.65 bits per heavy atom. The van der Waals surface area contributed by atoms with Crippen LogP contribution < -0.4 is 0 Å². The molecule has 0 saturated carbocycles. The summed E-state index contributed by atoms with van der Waals surface area (Å²) in [5.41, 5.74) is 0.144. The molecular weight excluding hydrogens is 316 g/mol. The Labute approximate surface area is 140 Å². The van der Waals surface area contributed by atoms with Gasteiger partial charge in [-0.05, 0) is 23.8 Å². The van der Waals surface area contributed by atoms with E-state index in [1.165, 1.54) is 6.08 Å². The smallest absolute Gasteiger partial charge is 0.274 e. The molecule has 23 heavy (non-hydrogen) atoms. The quantitative estimate of drug-likeness (QED) is 0.780. The molecule has 2 rings (SSSR count). The van der Waals surface area contributed by atoms with Crippen LogP contribution in [0.25, 0.3) is 6.08 Å². The molecule has 0 aliphatic carbocycles. The van der Waals surface area contributed by atoms with Gasteiger partial charge in [0.1, 0.15) is 0 Å². The Morgan fingerprint density at radius 3 is 2.22 bits per heavy atom. The molecule has 1 aliphatic rings. The standard InChI is InChI=1S/C17H19ClN2O3/c1-17(2,3)15(22)20-11-10-19(16(20)23)14(21)9-6-12-4-7-13(18)8-5-12/h4-9H,10-11H2,1-3H3/b9-6+. The first-order valence-electron chi connectivity index (χ1n) is 7.31. The van der Waals surface area contributed by atoms with Crippen molar-refractivity contribution < 1.29 is 14.4 Å². The molecule has 0 bridgehead atoms. The molecule has 0 radical (unpaired) electrons. The number of nitrogens with zero attached hydrogens (tertiary/aromatic N) is 2. The molecule has 1 saturated heterocycles. The van der Waals surface area contributed by atoms with Crippen LogP contribution in [0.2, 0.25) is 5.02 Å². The van der Waals surface area contributed by atoms with Crippen molar-refractivity contribution in [2.24, 2.45) is 5.41 Å². The van der Waals surface area contributed by atoms with Gasteiger partial charge in [-0.2, -0.15) is 0 Å². The van der Waals surface area contributed by atoms with Crippen LogP contribution in [0.1, 0.15) is 26.3 Å². The van der Waals surface area contributed by atoms with Crippen molar-refractivity contribution in [1.82, 2.24) is 9.80 Å². The predicted molar refractivity (Wildman–Crippen MR) is 88.8 cm³/mol. The van der Waals surface area contributed by atoms with E-state index in [2.05, 4.69) is 0 Å². The van der Waals surface area contributed by atoms with Gasteiger partial charge in [-0.25, -0.2) is 4.79 Å². The number of imide groups is 2. The van der Waals surface area contributed by atoms with Crippen molar-refractivity contribution in [2.75, 3.05) is 13.1 Å². The number of amides is 4. The normalized spacial score (nSPS) is 15.6. The molecule has 0 aromatic heterocycles. The molecule has 1 aromatic carbocycles. The highest BCUT2D eigenvalue weighted by Gasteiger charge is 2.39. The van der Waals surface area contributed by atoms with E-state index in [4.69, 9.17) is 11.6 Å². The van der Waals surface area contributed by atoms with Gasteiger partial charge in [0, 0.05) is 29.6 Å². The summed E-state index contributed by atoms with van der Waals surface area (Å²) in [6.45, 7) is 5.68. The summed E-state index contributed by atoms with van der Waals surface area (Å²) in [7, 11) is 0. The minimum atomic E-state index is -0.659. The molecule has 6 heteroatoms. The Morgan fingerprint density at radius 1 is 1.09 bits per heavy atom. The van der Waals surface area contributed by atoms with Crippen molar-refractivity contribution in [3.8, 4) is 0 Å². The van der Waals surface area contributed by atoms with Gasteiger partial charge < -0.3 is 0 Å². The lowest BCUT2D eigenvalue weighted by Gasteiger charge is -2.23. The maximum absolute atomic E-state index is 12.2. The zero-order chi connectivity index (χ0) is 17.2. The Balaban J connectivity index is 2.05. The third-order valence-corrected chi connectivity index (χ3v) is 3.70. The average molecular weight is 335 g/mol. The van der Waals surface area contributed by atoms with Crippen molar-refractivity contribution in [3.05, 3.63) is 40.9 Å². The first-order valence-corrected chi connectivity index (χ1v) is 7.69. The molecule has 1 heterocycles. The van der Waals surface area contributed by atoms with Gasteiger partial charge >= 0.3 is 6.03 Å². The summed E-state index contributed by atoms with van der Waals surface area (Å²) in [6, 6.07) is 6.42. The van der Waals surface area contributed by atoms with Crippen LogP contribution in [0.4, 0.5) is 4.79 Å². The second-order valence-corrected chi connectivity index (χ2v) is 6.80. The number of halogens is 1. The lowest BCUT2D eigenvalue weighted by atomic mass is 9.95. The molecule has 0 unspecified atom stereocenters. The summed E-state index contributed by atoms with van der Waals surface area (Å²) in [6.07, 6.45) is 2.94. The molecular formula is C17H19ClN2O3. The third kappa shape index (κ3) is 3.99. The van der Waals surface area contributed by atoms with Crippen molar-refractivity contribution in [2.45, 2.75) is 20.8 Å². The monoisotopic (exact) mass is 334 g/mol. The minimum absolute atomic E-state index is 0.213. The Hall–Kier alpha value is -2.14. The van der Waals surface area contributed by atoms with E-state index in [1.807, 2.05) is 0 Å². The molecule has 4 amide bonds. The van der Waals surface area contributed by atoms with Crippen LogP contribution in [0.15, 0.2) is 30.3 Å². The topological polar surface area (TPSA) is 57.7 Å². The SMILES string of the molecule is CC(C)(C)C(=O)N1CCN(C(=O)/C=C/c2ccc(Cl)cc2)C1=O. The second-order valence-electron chi connectivity index (χ2n) is 6.36. The fourth-order valence-electron chi connectivity index (χ4n) is 2.17. The fourth-order valence-corrected chi connectivity index (χ4v) is 2.29. The molecule has 0 N–H and O–H groups in total. The number of carbonyl (C=O) groups is 3. The van der Waals surface area contributed by atoms with Crippen molar-refractivity contribution >= 4 is 35.5 Å².